The molecule has 0 heterocycles. The van der Waals surface area contributed by atoms with E-state index in [0.717, 1.165) is 5.69 Å². The zero-order chi connectivity index (χ0) is 11.5. The average molecular weight is 222 g/mol. The predicted molar refractivity (Wildman–Crippen MR) is 70.4 cm³/mol. The quantitative estimate of drug-likeness (QED) is 0.772. The van der Waals surface area contributed by atoms with Crippen LogP contribution in [0.5, 0.6) is 0 Å². The Bertz CT molecular complexity index is 336. The standard InChI is InChI=1S/C12H18N2S/c1-12(2,3)9-4-6-10(7-5-9)14-8-11(13)15/h4-7,14H,8H2,1-3H3,(H2,13,15). The van der Waals surface area contributed by atoms with Gasteiger partial charge in [-0.05, 0) is 23.1 Å². The molecular formula is C12H18N2S. The van der Waals surface area contributed by atoms with Crippen molar-refractivity contribution in [2.75, 3.05) is 11.9 Å². The third-order valence-electron chi connectivity index (χ3n) is 2.22. The molecule has 0 bridgehead atoms. The number of nitrogens with two attached hydrogens (primary N) is 1. The molecule has 0 saturated heterocycles. The van der Waals surface area contributed by atoms with E-state index in [1.807, 2.05) is 0 Å². The number of hydrogen-bond acceptors (Lipinski definition) is 2. The van der Waals surface area contributed by atoms with Crippen LogP contribution in [0.2, 0.25) is 0 Å². The van der Waals surface area contributed by atoms with Crippen molar-refractivity contribution in [3.05, 3.63) is 29.8 Å². The molecule has 0 amide bonds. The second-order valence-electron chi connectivity index (χ2n) is 4.65. The molecule has 0 aliphatic carbocycles. The van der Waals surface area contributed by atoms with Gasteiger partial charge in [0.2, 0.25) is 0 Å². The van der Waals surface area contributed by atoms with Crippen molar-refractivity contribution in [1.82, 2.24) is 0 Å². The van der Waals surface area contributed by atoms with Gasteiger partial charge in [0.1, 0.15) is 0 Å². The van der Waals surface area contributed by atoms with Gasteiger partial charge in [-0.15, -0.1) is 0 Å². The topological polar surface area (TPSA) is 38.0 Å². The highest BCUT2D eigenvalue weighted by molar-refractivity contribution is 7.80. The van der Waals surface area contributed by atoms with E-state index < -0.39 is 0 Å². The Kier molecular flexibility index (Phi) is 3.69. The second-order valence-corrected chi connectivity index (χ2v) is 5.17. The Morgan fingerprint density at radius 3 is 2.20 bits per heavy atom. The predicted octanol–water partition coefficient (Wildman–Crippen LogP) is 2.68. The monoisotopic (exact) mass is 222 g/mol. The highest BCUT2D eigenvalue weighted by atomic mass is 32.1. The minimum absolute atomic E-state index is 0.196. The van der Waals surface area contributed by atoms with Gasteiger partial charge in [-0.1, -0.05) is 45.1 Å². The number of hydrogen-bond donors (Lipinski definition) is 2. The number of anilines is 1. The number of rotatable bonds is 3. The lowest BCUT2D eigenvalue weighted by Crippen LogP contribution is -2.19. The summed E-state index contributed by atoms with van der Waals surface area (Å²) in [6.07, 6.45) is 0. The molecule has 0 unspecified atom stereocenters. The summed E-state index contributed by atoms with van der Waals surface area (Å²) >= 11 is 4.79. The van der Waals surface area contributed by atoms with Crippen LogP contribution in [0, 0.1) is 0 Å². The average Bonchev–Trinajstić information content (AvgIpc) is 2.14. The van der Waals surface area contributed by atoms with Gasteiger partial charge in [0.15, 0.2) is 0 Å². The maximum Gasteiger partial charge on any atom is 0.0921 e. The third kappa shape index (κ3) is 3.88. The fraction of sp³-hybridized carbons (Fsp3) is 0.417. The molecule has 2 nitrogen and oxygen atoms in total. The molecule has 0 atom stereocenters. The van der Waals surface area contributed by atoms with Gasteiger partial charge in [-0.3, -0.25) is 0 Å². The Labute approximate surface area is 96.9 Å². The molecule has 1 aromatic rings. The molecule has 0 aliphatic rings. The van der Waals surface area contributed by atoms with E-state index >= 15 is 0 Å². The highest BCUT2D eigenvalue weighted by Gasteiger charge is 2.12. The molecule has 0 fully saturated rings. The molecule has 3 N–H and O–H groups in total. The Hall–Kier alpha value is -1.09. The second kappa shape index (κ2) is 4.62. The van der Waals surface area contributed by atoms with Gasteiger partial charge in [0, 0.05) is 5.69 Å². The van der Waals surface area contributed by atoms with Crippen LogP contribution in [0.1, 0.15) is 26.3 Å². The number of benzene rings is 1. The smallest absolute Gasteiger partial charge is 0.0921 e. The highest BCUT2D eigenvalue weighted by Crippen LogP contribution is 2.23. The normalized spacial score (nSPS) is 11.1. The molecule has 1 aromatic carbocycles. The summed E-state index contributed by atoms with van der Waals surface area (Å²) in [5.74, 6) is 0. The molecule has 0 aromatic heterocycles. The van der Waals surface area contributed by atoms with Crippen molar-refractivity contribution in [2.24, 2.45) is 5.73 Å². The molecule has 0 aliphatic heterocycles. The van der Waals surface area contributed by atoms with E-state index in [1.54, 1.807) is 0 Å². The van der Waals surface area contributed by atoms with E-state index in [-0.39, 0.29) is 5.41 Å². The van der Waals surface area contributed by atoms with Crippen LogP contribution < -0.4 is 11.1 Å². The molecule has 3 heteroatoms. The largest absolute Gasteiger partial charge is 0.392 e. The van der Waals surface area contributed by atoms with Gasteiger partial charge < -0.3 is 11.1 Å². The van der Waals surface area contributed by atoms with Gasteiger partial charge >= 0.3 is 0 Å². The van der Waals surface area contributed by atoms with Crippen LogP contribution >= 0.6 is 12.2 Å². The SMILES string of the molecule is CC(C)(C)c1ccc(NCC(N)=S)cc1. The summed E-state index contributed by atoms with van der Waals surface area (Å²) in [5.41, 5.74) is 7.98. The van der Waals surface area contributed by atoms with E-state index in [4.69, 9.17) is 18.0 Å². The van der Waals surface area contributed by atoms with Crippen LogP contribution in [0.3, 0.4) is 0 Å². The van der Waals surface area contributed by atoms with E-state index in [2.05, 4.69) is 50.4 Å². The zero-order valence-corrected chi connectivity index (χ0v) is 10.3. The third-order valence-corrected chi connectivity index (χ3v) is 2.36. The summed E-state index contributed by atoms with van der Waals surface area (Å²) in [5, 5.41) is 3.16. The van der Waals surface area contributed by atoms with Crippen molar-refractivity contribution in [3.8, 4) is 0 Å². The fourth-order valence-corrected chi connectivity index (χ4v) is 1.35. The zero-order valence-electron chi connectivity index (χ0n) is 9.50. The molecule has 0 radical (unpaired) electrons. The first-order chi connectivity index (χ1) is 6.89. The first kappa shape index (κ1) is 12.0. The van der Waals surface area contributed by atoms with Crippen molar-refractivity contribution in [1.29, 1.82) is 0 Å². The van der Waals surface area contributed by atoms with Gasteiger partial charge in [0.25, 0.3) is 0 Å². The lowest BCUT2D eigenvalue weighted by Gasteiger charge is -2.19. The number of nitrogens with one attached hydrogen (secondary N) is 1. The van der Waals surface area contributed by atoms with E-state index in [1.165, 1.54) is 5.56 Å². The molecular weight excluding hydrogens is 204 g/mol. The maximum absolute atomic E-state index is 5.41. The van der Waals surface area contributed by atoms with E-state index in [9.17, 15) is 0 Å². The van der Waals surface area contributed by atoms with Gasteiger partial charge in [0.05, 0.1) is 11.5 Å². The van der Waals surface area contributed by atoms with Crippen molar-refractivity contribution >= 4 is 22.9 Å². The van der Waals surface area contributed by atoms with Crippen LogP contribution in [0.4, 0.5) is 5.69 Å². The van der Waals surface area contributed by atoms with Crippen LogP contribution in [-0.4, -0.2) is 11.5 Å². The molecule has 0 spiro atoms. The minimum atomic E-state index is 0.196. The van der Waals surface area contributed by atoms with Crippen molar-refractivity contribution in [3.63, 3.8) is 0 Å². The molecule has 82 valence electrons. The van der Waals surface area contributed by atoms with Crippen LogP contribution in [0.25, 0.3) is 0 Å². The Morgan fingerprint density at radius 1 is 1.27 bits per heavy atom. The van der Waals surface area contributed by atoms with Crippen LogP contribution in [0.15, 0.2) is 24.3 Å². The first-order valence-corrected chi connectivity index (χ1v) is 5.43. The molecule has 15 heavy (non-hydrogen) atoms. The summed E-state index contributed by atoms with van der Waals surface area (Å²) in [6, 6.07) is 8.36. The lowest BCUT2D eigenvalue weighted by molar-refractivity contribution is 0.590. The summed E-state index contributed by atoms with van der Waals surface area (Å²) in [6.45, 7) is 7.14. The van der Waals surface area contributed by atoms with E-state index in [0.29, 0.717) is 11.5 Å². The van der Waals surface area contributed by atoms with Crippen LogP contribution in [-0.2, 0) is 5.41 Å². The van der Waals surface area contributed by atoms with Crippen molar-refractivity contribution < 1.29 is 0 Å². The summed E-state index contributed by atoms with van der Waals surface area (Å²) in [4.78, 5) is 0.481. The first-order valence-electron chi connectivity index (χ1n) is 5.02. The molecule has 1 rings (SSSR count). The fourth-order valence-electron chi connectivity index (χ4n) is 1.28. The van der Waals surface area contributed by atoms with Gasteiger partial charge in [-0.25, -0.2) is 0 Å². The van der Waals surface area contributed by atoms with Crippen molar-refractivity contribution in [2.45, 2.75) is 26.2 Å². The Balaban J connectivity index is 2.69. The summed E-state index contributed by atoms with van der Waals surface area (Å²) < 4.78 is 0. The number of thiocarbonyl (C=S) groups is 1. The Morgan fingerprint density at radius 2 is 1.80 bits per heavy atom. The lowest BCUT2D eigenvalue weighted by atomic mass is 9.87. The maximum atomic E-state index is 5.41. The van der Waals surface area contributed by atoms with Gasteiger partial charge in [-0.2, -0.15) is 0 Å². The summed E-state index contributed by atoms with van der Waals surface area (Å²) in [7, 11) is 0. The molecule has 0 saturated carbocycles. The minimum Gasteiger partial charge on any atom is -0.392 e.